The van der Waals surface area contributed by atoms with Crippen LogP contribution < -0.4 is 15.7 Å². The van der Waals surface area contributed by atoms with Gasteiger partial charge >= 0.3 is 0 Å². The van der Waals surface area contributed by atoms with E-state index in [2.05, 4.69) is 104 Å². The average molecular weight is 422 g/mol. The van der Waals surface area contributed by atoms with Crippen LogP contribution in [0.1, 0.15) is 13.8 Å². The smallest absolute Gasteiger partial charge is 0.217 e. The molecule has 2 aromatic rings. The molecule has 1 N–H and O–H groups in total. The summed E-state index contributed by atoms with van der Waals surface area (Å²) < 4.78 is 0. The average Bonchev–Trinajstić information content (AvgIpc) is 2.68. The lowest BCUT2D eigenvalue weighted by Crippen LogP contribution is -2.50. The Morgan fingerprint density at radius 1 is 0.931 bits per heavy atom. The van der Waals surface area contributed by atoms with Gasteiger partial charge in [-0.2, -0.15) is 0 Å². The topological polar surface area (TPSA) is 29.1 Å². The van der Waals surface area contributed by atoms with Gasteiger partial charge in [0.05, 0.1) is 14.1 Å². The maximum atomic E-state index is 11.8. The highest BCUT2D eigenvalue weighted by Crippen LogP contribution is 2.26. The molecule has 0 bridgehead atoms. The number of nitrogens with one attached hydrogen (secondary N) is 1. The van der Waals surface area contributed by atoms with Crippen LogP contribution >= 0.6 is 0 Å². The predicted molar refractivity (Wildman–Crippen MR) is 132 cm³/mol. The Labute approximate surface area is 178 Å². The molecule has 2 rings (SSSR count). The van der Waals surface area contributed by atoms with Crippen LogP contribution in [0.5, 0.6) is 0 Å². The Morgan fingerprint density at radius 2 is 1.45 bits per heavy atom. The summed E-state index contributed by atoms with van der Waals surface area (Å²) >= 11 is 0. The number of carbonyl (C=O) groups excluding carboxylic acids is 1. The summed E-state index contributed by atoms with van der Waals surface area (Å²) in [5, 5.41) is 7.52. The van der Waals surface area contributed by atoms with Crippen molar-refractivity contribution in [2.75, 3.05) is 0 Å². The van der Waals surface area contributed by atoms with Crippen molar-refractivity contribution in [1.29, 1.82) is 0 Å². The third-order valence-corrected chi connectivity index (χ3v) is 12.9. The second-order valence-electron chi connectivity index (χ2n) is 8.86. The van der Waals surface area contributed by atoms with E-state index >= 15 is 0 Å². The van der Waals surface area contributed by atoms with Gasteiger partial charge < -0.3 is 5.32 Å². The lowest BCUT2D eigenvalue weighted by atomic mass is 10.2. The Balaban J connectivity index is 2.52. The quantitative estimate of drug-likeness (QED) is 0.483. The van der Waals surface area contributed by atoms with Crippen molar-refractivity contribution in [2.24, 2.45) is 0 Å². The van der Waals surface area contributed by atoms with Gasteiger partial charge in [-0.25, -0.2) is 0 Å². The minimum Gasteiger partial charge on any atom is -0.347 e. The molecule has 0 unspecified atom stereocenters. The standard InChI is InChI=1S/C25H35NOSi2/c1-7-14-22(26-21(2)27)19-25(29(5,6)24-17-12-9-13-18-24)20-28(3,4)23-15-10-8-11-16-23/h7-19,22H,20H2,1-6H3,(H,26,27)/b14-7+,25-19?/t22-/m1/s1. The molecule has 29 heavy (non-hydrogen) atoms. The Bertz CT molecular complexity index is 855. The van der Waals surface area contributed by atoms with Gasteiger partial charge in [0.15, 0.2) is 0 Å². The van der Waals surface area contributed by atoms with Crippen LogP contribution in [0.4, 0.5) is 0 Å². The zero-order chi connectivity index (χ0) is 21.5. The summed E-state index contributed by atoms with van der Waals surface area (Å²) in [7, 11) is -3.57. The summed E-state index contributed by atoms with van der Waals surface area (Å²) in [4.78, 5) is 11.8. The van der Waals surface area contributed by atoms with E-state index in [0.29, 0.717) is 0 Å². The third-order valence-electron chi connectivity index (χ3n) is 5.64. The number of rotatable bonds is 8. The Kier molecular flexibility index (Phi) is 7.99. The maximum Gasteiger partial charge on any atom is 0.217 e. The molecular formula is C25H35NOSi2. The van der Waals surface area contributed by atoms with E-state index in [9.17, 15) is 4.79 Å². The van der Waals surface area contributed by atoms with Crippen LogP contribution in [0.25, 0.3) is 0 Å². The largest absolute Gasteiger partial charge is 0.347 e. The monoisotopic (exact) mass is 421 g/mol. The van der Waals surface area contributed by atoms with Crippen molar-refractivity contribution in [3.63, 3.8) is 0 Å². The number of benzene rings is 2. The normalized spacial score (nSPS) is 14.1. The van der Waals surface area contributed by atoms with Crippen LogP contribution in [0, 0.1) is 0 Å². The number of hydrogen-bond acceptors (Lipinski definition) is 1. The molecule has 1 amide bonds. The molecule has 154 valence electrons. The second-order valence-corrected chi connectivity index (χ2v) is 18.0. The van der Waals surface area contributed by atoms with Crippen molar-refractivity contribution < 1.29 is 4.79 Å². The lowest BCUT2D eigenvalue weighted by molar-refractivity contribution is -0.119. The molecule has 1 atom stereocenters. The molecule has 2 aromatic carbocycles. The zero-order valence-corrected chi connectivity index (χ0v) is 20.7. The fraction of sp³-hybridized carbons (Fsp3) is 0.320. The van der Waals surface area contributed by atoms with Crippen LogP contribution in [0.3, 0.4) is 0 Å². The summed E-state index contributed by atoms with van der Waals surface area (Å²) in [5.41, 5.74) is 0. The van der Waals surface area contributed by atoms with E-state index in [0.717, 1.165) is 6.04 Å². The van der Waals surface area contributed by atoms with Gasteiger partial charge in [0.1, 0.15) is 8.07 Å². The molecule has 4 heteroatoms. The maximum absolute atomic E-state index is 11.8. The molecular weight excluding hydrogens is 386 g/mol. The van der Waals surface area contributed by atoms with Crippen molar-refractivity contribution in [3.05, 3.63) is 84.1 Å². The molecule has 0 aromatic heterocycles. The number of carbonyl (C=O) groups is 1. The first-order valence-corrected chi connectivity index (χ1v) is 16.6. The van der Waals surface area contributed by atoms with E-state index < -0.39 is 16.1 Å². The first-order valence-electron chi connectivity index (χ1n) is 10.4. The highest BCUT2D eigenvalue weighted by atomic mass is 28.3. The number of hydrogen-bond donors (Lipinski definition) is 1. The van der Waals surface area contributed by atoms with E-state index in [1.165, 1.54) is 15.6 Å². The van der Waals surface area contributed by atoms with E-state index in [1.54, 1.807) is 6.92 Å². The highest BCUT2D eigenvalue weighted by Gasteiger charge is 2.34. The van der Waals surface area contributed by atoms with Gasteiger partial charge in [-0.15, -0.1) is 0 Å². The second kappa shape index (κ2) is 10.0. The Hall–Kier alpha value is -2.18. The molecule has 0 radical (unpaired) electrons. The van der Waals surface area contributed by atoms with E-state index in [4.69, 9.17) is 0 Å². The molecule has 0 aliphatic carbocycles. The van der Waals surface area contributed by atoms with Gasteiger partial charge in [0, 0.05) is 6.92 Å². The van der Waals surface area contributed by atoms with Crippen LogP contribution in [-0.2, 0) is 4.79 Å². The van der Waals surface area contributed by atoms with Crippen LogP contribution in [-0.4, -0.2) is 28.1 Å². The lowest BCUT2D eigenvalue weighted by Gasteiger charge is -2.34. The first kappa shape index (κ1) is 23.1. The van der Waals surface area contributed by atoms with Gasteiger partial charge in [-0.05, 0) is 13.0 Å². The third kappa shape index (κ3) is 6.41. The molecule has 0 spiro atoms. The van der Waals surface area contributed by atoms with Gasteiger partial charge in [0.25, 0.3) is 0 Å². The molecule has 0 aliphatic rings. The minimum absolute atomic E-state index is 0.00227. The molecule has 2 nitrogen and oxygen atoms in total. The summed E-state index contributed by atoms with van der Waals surface area (Å²) in [6.07, 6.45) is 6.43. The van der Waals surface area contributed by atoms with E-state index in [-0.39, 0.29) is 11.9 Å². The van der Waals surface area contributed by atoms with Crippen molar-refractivity contribution >= 4 is 32.4 Å². The summed E-state index contributed by atoms with van der Waals surface area (Å²) in [6, 6.07) is 22.8. The summed E-state index contributed by atoms with van der Waals surface area (Å²) in [6.45, 7) is 13.4. The summed E-state index contributed by atoms with van der Waals surface area (Å²) in [5.74, 6) is 0.00227. The SMILES string of the molecule is C/C=C/[C@H](C=C(C[Si](C)(C)c1ccccc1)[Si](C)(C)c1ccccc1)NC(C)=O. The molecule has 0 aliphatic heterocycles. The van der Waals surface area contributed by atoms with Crippen molar-refractivity contribution in [2.45, 2.75) is 52.1 Å². The van der Waals surface area contributed by atoms with Gasteiger partial charge in [0.2, 0.25) is 5.91 Å². The van der Waals surface area contributed by atoms with Crippen molar-refractivity contribution in [3.8, 4) is 0 Å². The fourth-order valence-electron chi connectivity index (χ4n) is 3.80. The zero-order valence-electron chi connectivity index (χ0n) is 18.7. The fourth-order valence-corrected chi connectivity index (χ4v) is 11.3. The molecule has 0 heterocycles. The van der Waals surface area contributed by atoms with Crippen LogP contribution in [0.15, 0.2) is 84.1 Å². The number of allylic oxidation sites excluding steroid dienone is 2. The predicted octanol–water partition coefficient (Wildman–Crippen LogP) is 4.76. The van der Waals surface area contributed by atoms with Gasteiger partial charge in [-0.3, -0.25) is 4.79 Å². The van der Waals surface area contributed by atoms with Crippen molar-refractivity contribution in [1.82, 2.24) is 5.32 Å². The molecule has 0 fully saturated rings. The molecule has 0 saturated heterocycles. The van der Waals surface area contributed by atoms with Gasteiger partial charge in [-0.1, -0.05) is 121 Å². The molecule has 0 saturated carbocycles. The minimum atomic E-state index is -1.88. The van der Waals surface area contributed by atoms with E-state index in [1.807, 2.05) is 13.0 Å². The Morgan fingerprint density at radius 3 is 1.93 bits per heavy atom. The number of amides is 1. The van der Waals surface area contributed by atoms with Crippen LogP contribution in [0.2, 0.25) is 32.2 Å². The highest BCUT2D eigenvalue weighted by molar-refractivity contribution is 6.99. The first-order chi connectivity index (χ1) is 13.7.